The van der Waals surface area contributed by atoms with Crippen molar-refractivity contribution in [1.82, 2.24) is 5.32 Å². The van der Waals surface area contributed by atoms with Gasteiger partial charge < -0.3 is 10.1 Å². The third-order valence-corrected chi connectivity index (χ3v) is 3.27. The average Bonchev–Trinajstić information content (AvgIpc) is 2.28. The van der Waals surface area contributed by atoms with Crippen molar-refractivity contribution in [3.05, 3.63) is 28.2 Å². The number of rotatable bonds is 5. The van der Waals surface area contributed by atoms with Gasteiger partial charge >= 0.3 is 0 Å². The molecule has 16 heavy (non-hydrogen) atoms. The van der Waals surface area contributed by atoms with Crippen molar-refractivity contribution in [3.8, 4) is 5.75 Å². The second kappa shape index (κ2) is 6.26. The van der Waals surface area contributed by atoms with E-state index in [1.54, 1.807) is 0 Å². The molecule has 2 unspecified atom stereocenters. The first kappa shape index (κ1) is 13.5. The number of halogens is 1. The van der Waals surface area contributed by atoms with E-state index < -0.39 is 0 Å². The Morgan fingerprint density at radius 1 is 1.38 bits per heavy atom. The number of nitrogens with one attached hydrogen (secondary N) is 1. The molecule has 0 spiro atoms. The number of hydrogen-bond donors (Lipinski definition) is 1. The lowest BCUT2D eigenvalue weighted by atomic mass is 10.1. The minimum atomic E-state index is 0.247. The molecule has 0 radical (unpaired) electrons. The van der Waals surface area contributed by atoms with Gasteiger partial charge in [-0.05, 0) is 39.4 Å². The zero-order chi connectivity index (χ0) is 12.1. The van der Waals surface area contributed by atoms with Gasteiger partial charge in [0.15, 0.2) is 0 Å². The van der Waals surface area contributed by atoms with Gasteiger partial charge in [0.25, 0.3) is 0 Å². The Balaban J connectivity index is 2.98. The molecule has 90 valence electrons. The third kappa shape index (κ3) is 3.49. The van der Waals surface area contributed by atoms with Crippen LogP contribution in [0.4, 0.5) is 0 Å². The van der Waals surface area contributed by atoms with Crippen molar-refractivity contribution < 1.29 is 4.74 Å². The molecule has 0 fully saturated rings. The van der Waals surface area contributed by atoms with Crippen LogP contribution in [0.2, 0.25) is 0 Å². The molecule has 2 atom stereocenters. The zero-order valence-corrected chi connectivity index (χ0v) is 12.0. The quantitative estimate of drug-likeness (QED) is 0.886. The lowest BCUT2D eigenvalue weighted by Crippen LogP contribution is -2.16. The van der Waals surface area contributed by atoms with E-state index in [1.165, 1.54) is 5.56 Å². The Morgan fingerprint density at radius 3 is 2.62 bits per heavy atom. The van der Waals surface area contributed by atoms with Gasteiger partial charge in [-0.15, -0.1) is 0 Å². The summed E-state index contributed by atoms with van der Waals surface area (Å²) in [6, 6.07) is 6.48. The van der Waals surface area contributed by atoms with E-state index in [-0.39, 0.29) is 6.10 Å². The predicted molar refractivity (Wildman–Crippen MR) is 72.0 cm³/mol. The highest BCUT2D eigenvalue weighted by Gasteiger charge is 2.12. The molecule has 0 aliphatic rings. The summed E-state index contributed by atoms with van der Waals surface area (Å²) < 4.78 is 6.98. The molecule has 0 aromatic heterocycles. The fourth-order valence-electron chi connectivity index (χ4n) is 1.42. The van der Waals surface area contributed by atoms with E-state index in [1.807, 2.05) is 19.2 Å². The first-order chi connectivity index (χ1) is 7.58. The van der Waals surface area contributed by atoms with Crippen LogP contribution in [0.25, 0.3) is 0 Å². The van der Waals surface area contributed by atoms with Crippen molar-refractivity contribution in [2.24, 2.45) is 0 Å². The molecule has 1 aromatic carbocycles. The normalized spacial score (nSPS) is 14.6. The molecule has 1 N–H and O–H groups in total. The maximum atomic E-state index is 5.93. The van der Waals surface area contributed by atoms with E-state index in [2.05, 4.69) is 48.1 Å². The van der Waals surface area contributed by atoms with Gasteiger partial charge in [-0.25, -0.2) is 0 Å². The third-order valence-electron chi connectivity index (χ3n) is 2.78. The van der Waals surface area contributed by atoms with Crippen LogP contribution in [0.3, 0.4) is 0 Å². The van der Waals surface area contributed by atoms with Crippen molar-refractivity contribution in [2.45, 2.75) is 39.3 Å². The number of benzene rings is 1. The Hall–Kier alpha value is -0.540. The summed E-state index contributed by atoms with van der Waals surface area (Å²) in [6.45, 7) is 6.35. The van der Waals surface area contributed by atoms with E-state index in [0.717, 1.165) is 16.6 Å². The second-order valence-corrected chi connectivity index (χ2v) is 4.94. The highest BCUT2D eigenvalue weighted by molar-refractivity contribution is 9.10. The molecule has 0 amide bonds. The lowest BCUT2D eigenvalue weighted by molar-refractivity contribution is 0.214. The summed E-state index contributed by atoms with van der Waals surface area (Å²) in [7, 11) is 1.96. The molecule has 2 nitrogen and oxygen atoms in total. The Labute approximate surface area is 107 Å². The molecular formula is C13H20BrNO. The molecule has 3 heteroatoms. The molecule has 0 bridgehead atoms. The van der Waals surface area contributed by atoms with Crippen LogP contribution < -0.4 is 10.1 Å². The molecule has 0 aliphatic heterocycles. The Morgan fingerprint density at radius 2 is 2.06 bits per heavy atom. The fourth-order valence-corrected chi connectivity index (χ4v) is 1.76. The lowest BCUT2D eigenvalue weighted by Gasteiger charge is -2.20. The number of ether oxygens (including phenoxy) is 1. The minimum absolute atomic E-state index is 0.247. The molecular weight excluding hydrogens is 266 g/mol. The van der Waals surface area contributed by atoms with Crippen LogP contribution >= 0.6 is 15.9 Å². The highest BCUT2D eigenvalue weighted by atomic mass is 79.9. The Kier molecular flexibility index (Phi) is 5.29. The van der Waals surface area contributed by atoms with Crippen LogP contribution in [0, 0.1) is 0 Å². The van der Waals surface area contributed by atoms with E-state index >= 15 is 0 Å². The molecule has 0 saturated heterocycles. The second-order valence-electron chi connectivity index (χ2n) is 4.03. The molecule has 0 saturated carbocycles. The van der Waals surface area contributed by atoms with E-state index in [9.17, 15) is 0 Å². The first-order valence-electron chi connectivity index (χ1n) is 5.71. The van der Waals surface area contributed by atoms with Gasteiger partial charge in [0.1, 0.15) is 5.75 Å². The maximum absolute atomic E-state index is 5.93. The van der Waals surface area contributed by atoms with Crippen molar-refractivity contribution in [1.29, 1.82) is 0 Å². The van der Waals surface area contributed by atoms with Crippen LogP contribution in [0.5, 0.6) is 5.75 Å². The largest absolute Gasteiger partial charge is 0.490 e. The van der Waals surface area contributed by atoms with Gasteiger partial charge in [-0.3, -0.25) is 0 Å². The van der Waals surface area contributed by atoms with Crippen LogP contribution in [0.1, 0.15) is 38.8 Å². The van der Waals surface area contributed by atoms with Gasteiger partial charge in [-0.2, -0.15) is 0 Å². The monoisotopic (exact) mass is 285 g/mol. The number of hydrogen-bond acceptors (Lipinski definition) is 2. The van der Waals surface area contributed by atoms with Crippen molar-refractivity contribution >= 4 is 15.9 Å². The van der Waals surface area contributed by atoms with E-state index in [0.29, 0.717) is 6.04 Å². The van der Waals surface area contributed by atoms with Crippen LogP contribution in [-0.4, -0.2) is 13.2 Å². The van der Waals surface area contributed by atoms with Crippen LogP contribution in [-0.2, 0) is 0 Å². The SMILES string of the molecule is CCC(C)Oc1cc(Br)ccc1C(C)NC. The predicted octanol–water partition coefficient (Wildman–Crippen LogP) is 3.91. The van der Waals surface area contributed by atoms with Gasteiger partial charge in [0.05, 0.1) is 6.10 Å². The molecule has 1 rings (SSSR count). The van der Waals surface area contributed by atoms with E-state index in [4.69, 9.17) is 4.74 Å². The maximum Gasteiger partial charge on any atom is 0.125 e. The molecule has 0 aliphatic carbocycles. The van der Waals surface area contributed by atoms with Gasteiger partial charge in [0.2, 0.25) is 0 Å². The Bertz CT molecular complexity index is 341. The topological polar surface area (TPSA) is 21.3 Å². The molecule has 1 aromatic rings. The first-order valence-corrected chi connectivity index (χ1v) is 6.51. The summed E-state index contributed by atoms with van der Waals surface area (Å²) in [5, 5.41) is 3.24. The van der Waals surface area contributed by atoms with Gasteiger partial charge in [0, 0.05) is 16.1 Å². The summed E-state index contributed by atoms with van der Waals surface area (Å²) in [6.07, 6.45) is 1.26. The highest BCUT2D eigenvalue weighted by Crippen LogP contribution is 2.29. The van der Waals surface area contributed by atoms with Crippen molar-refractivity contribution in [3.63, 3.8) is 0 Å². The minimum Gasteiger partial charge on any atom is -0.490 e. The van der Waals surface area contributed by atoms with Gasteiger partial charge in [-0.1, -0.05) is 28.9 Å². The van der Waals surface area contributed by atoms with Crippen LogP contribution in [0.15, 0.2) is 22.7 Å². The summed E-state index contributed by atoms with van der Waals surface area (Å²) in [5.74, 6) is 0.963. The smallest absolute Gasteiger partial charge is 0.125 e. The zero-order valence-electron chi connectivity index (χ0n) is 10.4. The standard InChI is InChI=1S/C13H20BrNO/c1-5-9(2)16-13-8-11(14)6-7-12(13)10(3)15-4/h6-10,15H,5H2,1-4H3. The fraction of sp³-hybridized carbons (Fsp3) is 0.538. The summed E-state index contributed by atoms with van der Waals surface area (Å²) in [4.78, 5) is 0. The summed E-state index contributed by atoms with van der Waals surface area (Å²) in [5.41, 5.74) is 1.20. The summed E-state index contributed by atoms with van der Waals surface area (Å²) >= 11 is 3.48. The average molecular weight is 286 g/mol. The van der Waals surface area contributed by atoms with Crippen molar-refractivity contribution in [2.75, 3.05) is 7.05 Å². The molecule has 0 heterocycles.